The van der Waals surface area contributed by atoms with E-state index in [1.165, 1.54) is 11.8 Å². The van der Waals surface area contributed by atoms with Crippen LogP contribution in [0.3, 0.4) is 0 Å². The zero-order valence-corrected chi connectivity index (χ0v) is 15.3. The molecule has 0 aliphatic heterocycles. The van der Waals surface area contributed by atoms with Gasteiger partial charge in [0.05, 0.1) is 5.25 Å². The van der Waals surface area contributed by atoms with E-state index in [0.717, 1.165) is 11.4 Å². The Labute approximate surface area is 154 Å². The molecule has 6 nitrogen and oxygen atoms in total. The molecule has 0 radical (unpaired) electrons. The summed E-state index contributed by atoms with van der Waals surface area (Å²) in [5, 5.41) is 12.2. The monoisotopic (exact) mass is 373 g/mol. The van der Waals surface area contributed by atoms with Gasteiger partial charge in [-0.25, -0.2) is 0 Å². The molecule has 1 amide bonds. The van der Waals surface area contributed by atoms with Gasteiger partial charge in [0.1, 0.15) is 0 Å². The zero-order valence-electron chi connectivity index (χ0n) is 13.7. The molecule has 25 heavy (non-hydrogen) atoms. The van der Waals surface area contributed by atoms with Crippen LogP contribution < -0.4 is 5.32 Å². The molecule has 0 aliphatic carbocycles. The van der Waals surface area contributed by atoms with Gasteiger partial charge < -0.3 is 9.88 Å². The van der Waals surface area contributed by atoms with Crippen molar-refractivity contribution in [2.24, 2.45) is 7.05 Å². The van der Waals surface area contributed by atoms with Crippen molar-refractivity contribution in [1.82, 2.24) is 19.7 Å². The van der Waals surface area contributed by atoms with Crippen LogP contribution in [0.5, 0.6) is 0 Å². The number of hydrogen-bond acceptors (Lipinski definition) is 5. The van der Waals surface area contributed by atoms with Crippen molar-refractivity contribution in [2.45, 2.75) is 17.3 Å². The van der Waals surface area contributed by atoms with Gasteiger partial charge in [-0.05, 0) is 43.3 Å². The second kappa shape index (κ2) is 7.67. The van der Waals surface area contributed by atoms with E-state index in [0.29, 0.717) is 15.9 Å². The average molecular weight is 374 g/mol. The number of benzene rings is 1. The Morgan fingerprint density at radius 2 is 1.84 bits per heavy atom. The van der Waals surface area contributed by atoms with Crippen molar-refractivity contribution >= 4 is 35.0 Å². The van der Waals surface area contributed by atoms with E-state index in [9.17, 15) is 4.79 Å². The van der Waals surface area contributed by atoms with Crippen LogP contribution in [0, 0.1) is 0 Å². The fraction of sp³-hybridized carbons (Fsp3) is 0.176. The Hall–Kier alpha value is -2.38. The van der Waals surface area contributed by atoms with Crippen molar-refractivity contribution < 1.29 is 4.79 Å². The maximum atomic E-state index is 12.4. The molecule has 0 unspecified atom stereocenters. The van der Waals surface area contributed by atoms with E-state index >= 15 is 0 Å². The maximum absolute atomic E-state index is 12.4. The highest BCUT2D eigenvalue weighted by atomic mass is 35.5. The third kappa shape index (κ3) is 4.18. The van der Waals surface area contributed by atoms with Gasteiger partial charge in [0.15, 0.2) is 11.0 Å². The van der Waals surface area contributed by atoms with Gasteiger partial charge in [0.25, 0.3) is 0 Å². The van der Waals surface area contributed by atoms with Crippen LogP contribution >= 0.6 is 23.4 Å². The van der Waals surface area contributed by atoms with Gasteiger partial charge in [-0.2, -0.15) is 0 Å². The largest absolute Gasteiger partial charge is 0.325 e. The van der Waals surface area contributed by atoms with Crippen molar-refractivity contribution in [3.63, 3.8) is 0 Å². The number of carbonyl (C=O) groups is 1. The summed E-state index contributed by atoms with van der Waals surface area (Å²) in [7, 11) is 1.88. The topological polar surface area (TPSA) is 72.7 Å². The average Bonchev–Trinajstić information content (AvgIpc) is 2.98. The summed E-state index contributed by atoms with van der Waals surface area (Å²) in [6.45, 7) is 1.83. The summed E-state index contributed by atoms with van der Waals surface area (Å²) in [5.74, 6) is 0.621. The number of thioether (sulfide) groups is 1. The first kappa shape index (κ1) is 17.4. The number of aromatic nitrogens is 4. The lowest BCUT2D eigenvalue weighted by atomic mass is 10.2. The summed E-state index contributed by atoms with van der Waals surface area (Å²) < 4.78 is 1.87. The fourth-order valence-corrected chi connectivity index (χ4v) is 3.10. The van der Waals surface area contributed by atoms with Crippen LogP contribution in [-0.4, -0.2) is 30.9 Å². The minimum atomic E-state index is -0.330. The van der Waals surface area contributed by atoms with Crippen molar-refractivity contribution in [3.05, 3.63) is 53.8 Å². The standard InChI is InChI=1S/C17H16ClN5OS/c1-11(16(24)20-14-5-3-13(18)4-6-14)25-17-22-21-15(23(17)2)12-7-9-19-10-8-12/h3-11H,1-2H3,(H,20,24)/t11-/m1/s1. The number of hydrogen-bond donors (Lipinski definition) is 1. The van der Waals surface area contributed by atoms with Crippen molar-refractivity contribution in [1.29, 1.82) is 0 Å². The summed E-state index contributed by atoms with van der Waals surface area (Å²) in [5.41, 5.74) is 1.63. The molecule has 0 saturated heterocycles. The van der Waals surface area contributed by atoms with Gasteiger partial charge >= 0.3 is 0 Å². The van der Waals surface area contributed by atoms with E-state index in [4.69, 9.17) is 11.6 Å². The number of amides is 1. The van der Waals surface area contributed by atoms with Crippen LogP contribution in [-0.2, 0) is 11.8 Å². The smallest absolute Gasteiger partial charge is 0.237 e. The second-order valence-corrected chi connectivity index (χ2v) is 7.10. The van der Waals surface area contributed by atoms with E-state index in [-0.39, 0.29) is 11.2 Å². The van der Waals surface area contributed by atoms with Gasteiger partial charge in [0, 0.05) is 35.7 Å². The third-order valence-corrected chi connectivity index (χ3v) is 4.92. The predicted octanol–water partition coefficient (Wildman–Crippen LogP) is 3.65. The summed E-state index contributed by atoms with van der Waals surface area (Å²) in [4.78, 5) is 16.4. The molecule has 0 saturated carbocycles. The Balaban J connectivity index is 1.68. The lowest BCUT2D eigenvalue weighted by Gasteiger charge is -2.11. The van der Waals surface area contributed by atoms with Gasteiger partial charge in [-0.15, -0.1) is 10.2 Å². The molecule has 0 fully saturated rings. The molecule has 1 atom stereocenters. The highest BCUT2D eigenvalue weighted by Gasteiger charge is 2.19. The van der Waals surface area contributed by atoms with Crippen LogP contribution in [0.1, 0.15) is 6.92 Å². The molecular weight excluding hydrogens is 358 g/mol. The van der Waals surface area contributed by atoms with Crippen LogP contribution in [0.4, 0.5) is 5.69 Å². The minimum absolute atomic E-state index is 0.110. The molecule has 2 aromatic heterocycles. The molecule has 0 bridgehead atoms. The predicted molar refractivity (Wildman–Crippen MR) is 99.6 cm³/mol. The van der Waals surface area contributed by atoms with Crippen LogP contribution in [0.2, 0.25) is 5.02 Å². The molecule has 2 heterocycles. The number of pyridine rings is 1. The van der Waals surface area contributed by atoms with Gasteiger partial charge in [0.2, 0.25) is 5.91 Å². The Morgan fingerprint density at radius 1 is 1.16 bits per heavy atom. The van der Waals surface area contributed by atoms with Gasteiger partial charge in [-0.3, -0.25) is 9.78 Å². The zero-order chi connectivity index (χ0) is 17.8. The summed E-state index contributed by atoms with van der Waals surface area (Å²) in [6, 6.07) is 10.7. The first-order chi connectivity index (χ1) is 12.0. The first-order valence-electron chi connectivity index (χ1n) is 7.57. The van der Waals surface area contributed by atoms with Crippen LogP contribution in [0.25, 0.3) is 11.4 Å². The third-order valence-electron chi connectivity index (χ3n) is 3.54. The number of rotatable bonds is 5. The van der Waals surface area contributed by atoms with Crippen molar-refractivity contribution in [2.75, 3.05) is 5.32 Å². The molecule has 1 N–H and O–H groups in total. The van der Waals surface area contributed by atoms with E-state index in [1.54, 1.807) is 36.7 Å². The lowest BCUT2D eigenvalue weighted by Crippen LogP contribution is -2.22. The summed E-state index contributed by atoms with van der Waals surface area (Å²) >= 11 is 7.20. The van der Waals surface area contributed by atoms with E-state index in [2.05, 4.69) is 20.5 Å². The Bertz CT molecular complexity index is 867. The molecule has 0 spiro atoms. The number of anilines is 1. The van der Waals surface area contributed by atoms with E-state index < -0.39 is 0 Å². The highest BCUT2D eigenvalue weighted by molar-refractivity contribution is 8.00. The molecule has 8 heteroatoms. The SMILES string of the molecule is C[C@@H](Sc1nnc(-c2ccncc2)n1C)C(=O)Nc1ccc(Cl)cc1. The van der Waals surface area contributed by atoms with E-state index in [1.807, 2.05) is 30.7 Å². The molecule has 3 aromatic rings. The number of nitrogens with zero attached hydrogens (tertiary/aromatic N) is 4. The molecular formula is C17H16ClN5OS. The minimum Gasteiger partial charge on any atom is -0.325 e. The number of carbonyl (C=O) groups excluding carboxylic acids is 1. The lowest BCUT2D eigenvalue weighted by molar-refractivity contribution is -0.115. The number of halogens is 1. The Morgan fingerprint density at radius 3 is 2.52 bits per heavy atom. The Kier molecular flexibility index (Phi) is 5.35. The van der Waals surface area contributed by atoms with Gasteiger partial charge in [-0.1, -0.05) is 23.4 Å². The maximum Gasteiger partial charge on any atom is 0.237 e. The quantitative estimate of drug-likeness (QED) is 0.691. The highest BCUT2D eigenvalue weighted by Crippen LogP contribution is 2.26. The summed E-state index contributed by atoms with van der Waals surface area (Å²) in [6.07, 6.45) is 3.41. The molecule has 1 aromatic carbocycles. The fourth-order valence-electron chi connectivity index (χ4n) is 2.16. The molecule has 3 rings (SSSR count). The second-order valence-electron chi connectivity index (χ2n) is 5.36. The first-order valence-corrected chi connectivity index (χ1v) is 8.83. The molecule has 0 aliphatic rings. The number of nitrogens with one attached hydrogen (secondary N) is 1. The van der Waals surface area contributed by atoms with Crippen LogP contribution in [0.15, 0.2) is 53.9 Å². The molecule has 128 valence electrons. The normalized spacial score (nSPS) is 12.0. The van der Waals surface area contributed by atoms with Crippen molar-refractivity contribution in [3.8, 4) is 11.4 Å².